The van der Waals surface area contributed by atoms with Crippen molar-refractivity contribution in [1.29, 1.82) is 0 Å². The van der Waals surface area contributed by atoms with Crippen molar-refractivity contribution in [2.75, 3.05) is 6.61 Å². The minimum absolute atomic E-state index is 0.237. The number of hydrogen-bond donors (Lipinski definition) is 1. The van der Waals surface area contributed by atoms with E-state index in [-0.39, 0.29) is 24.4 Å². The lowest BCUT2D eigenvalue weighted by atomic mass is 9.96. The molecule has 0 aliphatic heterocycles. The van der Waals surface area contributed by atoms with Crippen LogP contribution in [0, 0.1) is 0 Å². The number of carbonyl (C=O) groups excluding carboxylic acids is 2. The van der Waals surface area contributed by atoms with Gasteiger partial charge in [-0.25, -0.2) is 4.79 Å². The molecule has 0 bridgehead atoms. The van der Waals surface area contributed by atoms with E-state index in [1.54, 1.807) is 49.4 Å². The van der Waals surface area contributed by atoms with E-state index >= 15 is 0 Å². The highest BCUT2D eigenvalue weighted by atomic mass is 16.5. The van der Waals surface area contributed by atoms with Gasteiger partial charge >= 0.3 is 11.9 Å². The summed E-state index contributed by atoms with van der Waals surface area (Å²) in [6, 6.07) is 12.8. The molecular weight excluding hydrogens is 296 g/mol. The van der Waals surface area contributed by atoms with Crippen molar-refractivity contribution in [3.8, 4) is 0 Å². The topological polar surface area (TPSA) is 80.7 Å². The van der Waals surface area contributed by atoms with Gasteiger partial charge in [0.25, 0.3) is 0 Å². The van der Waals surface area contributed by atoms with Gasteiger partial charge in [-0.05, 0) is 24.6 Å². The Labute approximate surface area is 133 Å². The molecule has 0 aliphatic carbocycles. The summed E-state index contributed by atoms with van der Waals surface area (Å²) in [5.41, 5.74) is 1.35. The zero-order valence-corrected chi connectivity index (χ0v) is 12.6. The predicted octanol–water partition coefficient (Wildman–Crippen LogP) is 2.72. The van der Waals surface area contributed by atoms with Gasteiger partial charge in [0.1, 0.15) is 0 Å². The van der Waals surface area contributed by atoms with Crippen LogP contribution >= 0.6 is 0 Å². The summed E-state index contributed by atoms with van der Waals surface area (Å²) in [6.45, 7) is 1.95. The van der Waals surface area contributed by atoms with Gasteiger partial charge in [0, 0.05) is 11.1 Å². The summed E-state index contributed by atoms with van der Waals surface area (Å²) >= 11 is 0. The maximum atomic E-state index is 12.6. The number of carboxylic acid groups (broad SMARTS) is 1. The summed E-state index contributed by atoms with van der Waals surface area (Å²) in [7, 11) is 0. The maximum absolute atomic E-state index is 12.6. The van der Waals surface area contributed by atoms with Crippen LogP contribution in [-0.4, -0.2) is 29.4 Å². The van der Waals surface area contributed by atoms with Gasteiger partial charge in [0.15, 0.2) is 5.78 Å². The van der Waals surface area contributed by atoms with E-state index in [9.17, 15) is 14.4 Å². The molecule has 5 nitrogen and oxygen atoms in total. The SMILES string of the molecule is CCOC(=O)c1cccc(C(=O)c2ccccc2CC(=O)O)c1. The molecule has 5 heteroatoms. The van der Waals surface area contributed by atoms with Gasteiger partial charge in [-0.1, -0.05) is 36.4 Å². The monoisotopic (exact) mass is 312 g/mol. The van der Waals surface area contributed by atoms with Crippen LogP contribution in [0.4, 0.5) is 0 Å². The fourth-order valence-electron chi connectivity index (χ4n) is 2.22. The molecule has 0 aliphatic rings. The fourth-order valence-corrected chi connectivity index (χ4v) is 2.22. The number of hydrogen-bond acceptors (Lipinski definition) is 4. The van der Waals surface area contributed by atoms with E-state index in [0.29, 0.717) is 16.7 Å². The maximum Gasteiger partial charge on any atom is 0.338 e. The molecule has 2 aromatic carbocycles. The molecule has 1 N–H and O–H groups in total. The standard InChI is InChI=1S/C18H16O5/c1-2-23-18(22)14-8-5-7-13(10-14)17(21)15-9-4-3-6-12(15)11-16(19)20/h3-10H,2,11H2,1H3,(H,19,20). The number of ketones is 1. The van der Waals surface area contributed by atoms with Gasteiger partial charge in [-0.3, -0.25) is 9.59 Å². The summed E-state index contributed by atoms with van der Waals surface area (Å²) in [4.78, 5) is 35.3. The van der Waals surface area contributed by atoms with Crippen molar-refractivity contribution in [2.24, 2.45) is 0 Å². The van der Waals surface area contributed by atoms with Gasteiger partial charge in [-0.2, -0.15) is 0 Å². The molecule has 2 aromatic rings. The first-order chi connectivity index (χ1) is 11.0. The molecule has 0 spiro atoms. The molecule has 0 amide bonds. The zero-order chi connectivity index (χ0) is 16.8. The number of carboxylic acids is 1. The second kappa shape index (κ2) is 7.35. The zero-order valence-electron chi connectivity index (χ0n) is 12.6. The minimum atomic E-state index is -1.01. The van der Waals surface area contributed by atoms with Crippen molar-refractivity contribution in [1.82, 2.24) is 0 Å². The molecule has 0 atom stereocenters. The summed E-state index contributed by atoms with van der Waals surface area (Å²) in [5.74, 6) is -1.83. The molecule has 0 heterocycles. The molecular formula is C18H16O5. The number of rotatable bonds is 6. The number of carbonyl (C=O) groups is 3. The van der Waals surface area contributed by atoms with E-state index in [0.717, 1.165) is 0 Å². The fraction of sp³-hybridized carbons (Fsp3) is 0.167. The third-order valence-electron chi connectivity index (χ3n) is 3.24. The van der Waals surface area contributed by atoms with Crippen LogP contribution < -0.4 is 0 Å². The molecule has 0 saturated heterocycles. The van der Waals surface area contributed by atoms with Crippen molar-refractivity contribution in [2.45, 2.75) is 13.3 Å². The quantitative estimate of drug-likeness (QED) is 0.655. The van der Waals surface area contributed by atoms with E-state index in [4.69, 9.17) is 9.84 Å². The van der Waals surface area contributed by atoms with Crippen LogP contribution in [0.15, 0.2) is 48.5 Å². The Balaban J connectivity index is 2.36. The second-order valence-electron chi connectivity index (χ2n) is 4.86. The first kappa shape index (κ1) is 16.4. The smallest absolute Gasteiger partial charge is 0.338 e. The Bertz CT molecular complexity index is 749. The second-order valence-corrected chi connectivity index (χ2v) is 4.86. The Kier molecular flexibility index (Phi) is 5.25. The highest BCUT2D eigenvalue weighted by molar-refractivity contribution is 6.11. The first-order valence-electron chi connectivity index (χ1n) is 7.14. The first-order valence-corrected chi connectivity index (χ1v) is 7.14. The Morgan fingerprint density at radius 2 is 1.70 bits per heavy atom. The van der Waals surface area contributed by atoms with Crippen molar-refractivity contribution in [3.05, 3.63) is 70.8 Å². The average molecular weight is 312 g/mol. The summed E-state index contributed by atoms with van der Waals surface area (Å²) < 4.78 is 4.92. The molecule has 118 valence electrons. The highest BCUT2D eigenvalue weighted by Gasteiger charge is 2.16. The predicted molar refractivity (Wildman–Crippen MR) is 83.6 cm³/mol. The number of aliphatic carboxylic acids is 1. The lowest BCUT2D eigenvalue weighted by molar-refractivity contribution is -0.136. The number of ether oxygens (including phenoxy) is 1. The van der Waals surface area contributed by atoms with E-state index in [1.165, 1.54) is 6.07 Å². The third-order valence-corrected chi connectivity index (χ3v) is 3.24. The summed E-state index contributed by atoms with van der Waals surface area (Å²) in [6.07, 6.45) is -0.237. The van der Waals surface area contributed by atoms with E-state index in [2.05, 4.69) is 0 Å². The number of benzene rings is 2. The Morgan fingerprint density at radius 3 is 2.39 bits per heavy atom. The highest BCUT2D eigenvalue weighted by Crippen LogP contribution is 2.17. The van der Waals surface area contributed by atoms with Gasteiger partial charge in [-0.15, -0.1) is 0 Å². The molecule has 0 radical (unpaired) electrons. The number of esters is 1. The average Bonchev–Trinajstić information content (AvgIpc) is 2.54. The van der Waals surface area contributed by atoms with Crippen LogP contribution in [-0.2, 0) is 16.0 Å². The minimum Gasteiger partial charge on any atom is -0.481 e. The van der Waals surface area contributed by atoms with Crippen LogP contribution in [0.1, 0.15) is 38.8 Å². The Morgan fingerprint density at radius 1 is 1.00 bits per heavy atom. The van der Waals surface area contributed by atoms with E-state index < -0.39 is 11.9 Å². The molecule has 0 unspecified atom stereocenters. The van der Waals surface area contributed by atoms with Crippen LogP contribution in [0.2, 0.25) is 0 Å². The molecule has 2 rings (SSSR count). The molecule has 0 aromatic heterocycles. The Hall–Kier alpha value is -2.95. The largest absolute Gasteiger partial charge is 0.481 e. The van der Waals surface area contributed by atoms with Gasteiger partial charge in [0.2, 0.25) is 0 Å². The van der Waals surface area contributed by atoms with Crippen LogP contribution in [0.5, 0.6) is 0 Å². The van der Waals surface area contributed by atoms with Crippen LogP contribution in [0.25, 0.3) is 0 Å². The van der Waals surface area contributed by atoms with Gasteiger partial charge < -0.3 is 9.84 Å². The molecule has 0 fully saturated rings. The van der Waals surface area contributed by atoms with Crippen molar-refractivity contribution < 1.29 is 24.2 Å². The van der Waals surface area contributed by atoms with Gasteiger partial charge in [0.05, 0.1) is 18.6 Å². The lowest BCUT2D eigenvalue weighted by Gasteiger charge is -2.08. The molecule has 0 saturated carbocycles. The van der Waals surface area contributed by atoms with Crippen molar-refractivity contribution >= 4 is 17.7 Å². The summed E-state index contributed by atoms with van der Waals surface area (Å²) in [5, 5.41) is 8.95. The lowest BCUT2D eigenvalue weighted by Crippen LogP contribution is -2.11. The third kappa shape index (κ3) is 4.03. The van der Waals surface area contributed by atoms with Crippen LogP contribution in [0.3, 0.4) is 0 Å². The van der Waals surface area contributed by atoms with Crippen molar-refractivity contribution in [3.63, 3.8) is 0 Å². The molecule has 23 heavy (non-hydrogen) atoms. The van der Waals surface area contributed by atoms with E-state index in [1.807, 2.05) is 0 Å². The normalized spacial score (nSPS) is 10.1.